The third-order valence-corrected chi connectivity index (χ3v) is 3.54. The first-order chi connectivity index (χ1) is 7.34. The molecule has 16 heavy (non-hydrogen) atoms. The van der Waals surface area contributed by atoms with Crippen LogP contribution >= 0.6 is 0 Å². The van der Waals surface area contributed by atoms with Crippen molar-refractivity contribution in [1.29, 1.82) is 0 Å². The van der Waals surface area contributed by atoms with E-state index in [1.54, 1.807) is 0 Å². The van der Waals surface area contributed by atoms with Gasteiger partial charge in [0.25, 0.3) is 0 Å². The average molecular weight is 238 g/mol. The van der Waals surface area contributed by atoms with E-state index < -0.39 is 12.1 Å². The Balaban J connectivity index is 2.37. The number of alkyl halides is 3. The first-order valence-electron chi connectivity index (χ1n) is 5.85. The number of rotatable bonds is 4. The summed E-state index contributed by atoms with van der Waals surface area (Å²) in [6, 6.07) is 0.400. The summed E-state index contributed by atoms with van der Waals surface area (Å²) in [6.07, 6.45) is -2.81. The maximum absolute atomic E-state index is 12.4. The molecule has 0 aromatic carbocycles. The van der Waals surface area contributed by atoms with Gasteiger partial charge < -0.3 is 10.2 Å². The molecule has 1 N–H and O–H groups in total. The van der Waals surface area contributed by atoms with Crippen LogP contribution in [0.1, 0.15) is 26.7 Å². The highest BCUT2D eigenvalue weighted by Crippen LogP contribution is 2.32. The molecule has 1 heterocycles. The van der Waals surface area contributed by atoms with Gasteiger partial charge in [0, 0.05) is 25.2 Å². The summed E-state index contributed by atoms with van der Waals surface area (Å²) in [5.74, 6) is -1.16. The molecule has 96 valence electrons. The van der Waals surface area contributed by atoms with E-state index in [0.717, 1.165) is 6.42 Å². The fraction of sp³-hybridized carbons (Fsp3) is 1.00. The van der Waals surface area contributed by atoms with Crippen LogP contribution in [0.25, 0.3) is 0 Å². The van der Waals surface area contributed by atoms with Crippen molar-refractivity contribution in [2.75, 3.05) is 20.1 Å². The topological polar surface area (TPSA) is 15.3 Å². The van der Waals surface area contributed by atoms with E-state index in [-0.39, 0.29) is 19.0 Å². The van der Waals surface area contributed by atoms with Crippen LogP contribution in [0.3, 0.4) is 0 Å². The first kappa shape index (κ1) is 13.8. The number of hydrogen-bond donors (Lipinski definition) is 1. The SMILES string of the molecule is CCC(C)N(C)CC1CC(C(F)(F)F)CN1. The summed E-state index contributed by atoms with van der Waals surface area (Å²) in [6.45, 7) is 4.95. The lowest BCUT2D eigenvalue weighted by Gasteiger charge is -2.26. The predicted octanol–water partition coefficient (Wildman–Crippen LogP) is 2.26. The summed E-state index contributed by atoms with van der Waals surface area (Å²) < 4.78 is 37.3. The zero-order chi connectivity index (χ0) is 12.3. The van der Waals surface area contributed by atoms with Crippen molar-refractivity contribution in [3.8, 4) is 0 Å². The zero-order valence-corrected chi connectivity index (χ0v) is 10.1. The van der Waals surface area contributed by atoms with Gasteiger partial charge in [0.05, 0.1) is 5.92 Å². The molecule has 3 atom stereocenters. The lowest BCUT2D eigenvalue weighted by atomic mass is 10.0. The number of likely N-dealkylation sites (N-methyl/N-ethyl adjacent to an activating group) is 1. The van der Waals surface area contributed by atoms with Gasteiger partial charge in [-0.2, -0.15) is 13.2 Å². The first-order valence-corrected chi connectivity index (χ1v) is 5.85. The minimum atomic E-state index is -4.04. The Kier molecular flexibility index (Phi) is 4.62. The molecule has 0 aromatic heterocycles. The molecule has 0 saturated carbocycles. The van der Waals surface area contributed by atoms with Gasteiger partial charge in [-0.1, -0.05) is 6.92 Å². The van der Waals surface area contributed by atoms with Crippen molar-refractivity contribution >= 4 is 0 Å². The van der Waals surface area contributed by atoms with E-state index in [2.05, 4.69) is 24.1 Å². The summed E-state index contributed by atoms with van der Waals surface area (Å²) >= 11 is 0. The lowest BCUT2D eigenvalue weighted by molar-refractivity contribution is -0.169. The van der Waals surface area contributed by atoms with Crippen LogP contribution in [-0.4, -0.2) is 43.3 Å². The van der Waals surface area contributed by atoms with Gasteiger partial charge in [-0.15, -0.1) is 0 Å². The van der Waals surface area contributed by atoms with Gasteiger partial charge >= 0.3 is 6.18 Å². The molecule has 2 nitrogen and oxygen atoms in total. The second kappa shape index (κ2) is 5.36. The van der Waals surface area contributed by atoms with E-state index in [1.807, 2.05) is 7.05 Å². The fourth-order valence-electron chi connectivity index (χ4n) is 2.05. The molecule has 0 aromatic rings. The quantitative estimate of drug-likeness (QED) is 0.808. The highest BCUT2D eigenvalue weighted by Gasteiger charge is 2.44. The van der Waals surface area contributed by atoms with Crippen LogP contribution < -0.4 is 5.32 Å². The molecule has 0 radical (unpaired) electrons. The number of nitrogens with zero attached hydrogens (tertiary/aromatic N) is 1. The van der Waals surface area contributed by atoms with Crippen molar-refractivity contribution in [3.63, 3.8) is 0 Å². The van der Waals surface area contributed by atoms with E-state index in [1.165, 1.54) is 0 Å². The molecule has 0 aliphatic carbocycles. The molecule has 0 bridgehead atoms. The second-order valence-electron chi connectivity index (χ2n) is 4.78. The Hall–Kier alpha value is -0.290. The smallest absolute Gasteiger partial charge is 0.312 e. The van der Waals surface area contributed by atoms with Gasteiger partial charge in [-0.3, -0.25) is 0 Å². The van der Waals surface area contributed by atoms with Gasteiger partial charge in [0.2, 0.25) is 0 Å². The normalized spacial score (nSPS) is 28.7. The fourth-order valence-corrected chi connectivity index (χ4v) is 2.05. The molecule has 1 aliphatic rings. The summed E-state index contributed by atoms with van der Waals surface area (Å²) in [4.78, 5) is 2.12. The molecular formula is C11H21F3N2. The van der Waals surface area contributed by atoms with E-state index in [0.29, 0.717) is 12.6 Å². The summed E-state index contributed by atoms with van der Waals surface area (Å²) in [5, 5.41) is 2.96. The van der Waals surface area contributed by atoms with Crippen LogP contribution in [0.4, 0.5) is 13.2 Å². The van der Waals surface area contributed by atoms with Crippen molar-refractivity contribution < 1.29 is 13.2 Å². The van der Waals surface area contributed by atoms with E-state index in [4.69, 9.17) is 0 Å². The Morgan fingerprint density at radius 2 is 2.06 bits per heavy atom. The highest BCUT2D eigenvalue weighted by atomic mass is 19.4. The maximum atomic E-state index is 12.4. The second-order valence-corrected chi connectivity index (χ2v) is 4.78. The lowest BCUT2D eigenvalue weighted by Crippen LogP contribution is -2.39. The number of halogens is 3. The molecular weight excluding hydrogens is 217 g/mol. The Morgan fingerprint density at radius 3 is 2.50 bits per heavy atom. The molecule has 0 amide bonds. The predicted molar refractivity (Wildman–Crippen MR) is 58.3 cm³/mol. The minimum absolute atomic E-state index is 0.0226. The molecule has 5 heteroatoms. The van der Waals surface area contributed by atoms with Crippen LogP contribution in [0.2, 0.25) is 0 Å². The van der Waals surface area contributed by atoms with Crippen LogP contribution in [-0.2, 0) is 0 Å². The van der Waals surface area contributed by atoms with Gasteiger partial charge in [0.15, 0.2) is 0 Å². The van der Waals surface area contributed by atoms with E-state index in [9.17, 15) is 13.2 Å². The van der Waals surface area contributed by atoms with Crippen molar-refractivity contribution in [1.82, 2.24) is 10.2 Å². The van der Waals surface area contributed by atoms with E-state index >= 15 is 0 Å². The summed E-state index contributed by atoms with van der Waals surface area (Å²) in [7, 11) is 1.97. The molecule has 0 spiro atoms. The zero-order valence-electron chi connectivity index (χ0n) is 10.1. The molecule has 1 aliphatic heterocycles. The van der Waals surface area contributed by atoms with Crippen molar-refractivity contribution in [2.24, 2.45) is 5.92 Å². The monoisotopic (exact) mass is 238 g/mol. The van der Waals surface area contributed by atoms with Gasteiger partial charge in [0.1, 0.15) is 0 Å². The summed E-state index contributed by atoms with van der Waals surface area (Å²) in [5.41, 5.74) is 0. The molecule has 1 saturated heterocycles. The molecule has 3 unspecified atom stereocenters. The van der Waals surface area contributed by atoms with Crippen molar-refractivity contribution in [3.05, 3.63) is 0 Å². The highest BCUT2D eigenvalue weighted by molar-refractivity contribution is 4.87. The maximum Gasteiger partial charge on any atom is 0.393 e. The van der Waals surface area contributed by atoms with Crippen LogP contribution in [0.5, 0.6) is 0 Å². The molecule has 1 rings (SSSR count). The number of nitrogens with one attached hydrogen (secondary N) is 1. The van der Waals surface area contributed by atoms with Gasteiger partial charge in [-0.25, -0.2) is 0 Å². The largest absolute Gasteiger partial charge is 0.393 e. The Morgan fingerprint density at radius 1 is 1.44 bits per heavy atom. The van der Waals surface area contributed by atoms with Gasteiger partial charge in [-0.05, 0) is 26.8 Å². The van der Waals surface area contributed by atoms with Crippen LogP contribution in [0.15, 0.2) is 0 Å². The third-order valence-electron chi connectivity index (χ3n) is 3.54. The van der Waals surface area contributed by atoms with Crippen LogP contribution in [0, 0.1) is 5.92 Å². The minimum Gasteiger partial charge on any atom is -0.312 e. The Bertz CT molecular complexity index is 218. The third kappa shape index (κ3) is 3.63. The average Bonchev–Trinajstić information content (AvgIpc) is 2.64. The Labute approximate surface area is 95.2 Å². The number of hydrogen-bond acceptors (Lipinski definition) is 2. The van der Waals surface area contributed by atoms with Crippen molar-refractivity contribution in [2.45, 2.75) is 44.9 Å². The molecule has 1 fully saturated rings. The standard InChI is InChI=1S/C11H21F3N2/c1-4-8(2)16(3)7-10-5-9(6-15-10)11(12,13)14/h8-10,15H,4-7H2,1-3H3.